The predicted molar refractivity (Wildman–Crippen MR) is 105 cm³/mol. The van der Waals surface area contributed by atoms with E-state index in [0.29, 0.717) is 16.1 Å². The minimum atomic E-state index is -0.521. The molecule has 25 heavy (non-hydrogen) atoms. The summed E-state index contributed by atoms with van der Waals surface area (Å²) in [7, 11) is 0. The normalized spacial score (nSPS) is 14.0. The molecule has 0 heterocycles. The second-order valence-corrected chi connectivity index (χ2v) is 7.03. The lowest BCUT2D eigenvalue weighted by Gasteiger charge is -2.06. The van der Waals surface area contributed by atoms with E-state index in [2.05, 4.69) is 17.9 Å². The standard InChI is InChI=1S/C13H9ClFNOS.C7H14/c14-11-7-9(4-5-12(11)15)16-13(17)8-2-1-3-10(18)6-8;1-2-4-6-7-5-3-1/h1-7,18H,(H,16,17);1-7H2. The van der Waals surface area contributed by atoms with Gasteiger partial charge >= 0.3 is 0 Å². The van der Waals surface area contributed by atoms with Crippen LogP contribution in [0.3, 0.4) is 0 Å². The highest BCUT2D eigenvalue weighted by Gasteiger charge is 2.07. The van der Waals surface area contributed by atoms with Gasteiger partial charge in [0.2, 0.25) is 0 Å². The van der Waals surface area contributed by atoms with E-state index in [9.17, 15) is 9.18 Å². The quantitative estimate of drug-likeness (QED) is 0.438. The number of hydrogen-bond acceptors (Lipinski definition) is 2. The monoisotopic (exact) mass is 379 g/mol. The van der Waals surface area contributed by atoms with Gasteiger partial charge in [-0.2, -0.15) is 0 Å². The average Bonchev–Trinajstić information content (AvgIpc) is 2.91. The van der Waals surface area contributed by atoms with Crippen molar-refractivity contribution in [1.29, 1.82) is 0 Å². The minimum absolute atomic E-state index is 0.0317. The molecule has 0 saturated heterocycles. The Morgan fingerprint density at radius 1 is 0.960 bits per heavy atom. The van der Waals surface area contributed by atoms with Crippen LogP contribution in [-0.2, 0) is 0 Å². The number of rotatable bonds is 2. The fourth-order valence-electron chi connectivity index (χ4n) is 2.66. The molecule has 0 aromatic heterocycles. The molecule has 1 fully saturated rings. The second-order valence-electron chi connectivity index (χ2n) is 6.11. The van der Waals surface area contributed by atoms with E-state index < -0.39 is 5.82 Å². The first-order chi connectivity index (χ1) is 12.1. The van der Waals surface area contributed by atoms with Crippen LogP contribution in [0.4, 0.5) is 10.1 Å². The summed E-state index contributed by atoms with van der Waals surface area (Å²) in [6.07, 6.45) is 10.5. The average molecular weight is 380 g/mol. The highest BCUT2D eigenvalue weighted by molar-refractivity contribution is 7.80. The Kier molecular flexibility index (Phi) is 8.29. The lowest BCUT2D eigenvalue weighted by molar-refractivity contribution is 0.102. The first-order valence-electron chi connectivity index (χ1n) is 8.62. The van der Waals surface area contributed by atoms with Crippen molar-refractivity contribution in [3.05, 3.63) is 58.9 Å². The molecule has 0 atom stereocenters. The van der Waals surface area contributed by atoms with Crippen LogP contribution in [0.15, 0.2) is 47.4 Å². The molecule has 134 valence electrons. The van der Waals surface area contributed by atoms with Gasteiger partial charge in [0, 0.05) is 16.1 Å². The molecule has 1 saturated carbocycles. The minimum Gasteiger partial charge on any atom is -0.322 e. The third-order valence-electron chi connectivity index (χ3n) is 4.04. The van der Waals surface area contributed by atoms with Crippen LogP contribution in [-0.4, -0.2) is 5.91 Å². The van der Waals surface area contributed by atoms with Gasteiger partial charge in [-0.1, -0.05) is 62.6 Å². The van der Waals surface area contributed by atoms with E-state index in [1.165, 1.54) is 63.1 Å². The van der Waals surface area contributed by atoms with Crippen molar-refractivity contribution in [3.8, 4) is 0 Å². The van der Waals surface area contributed by atoms with E-state index >= 15 is 0 Å². The molecule has 0 aliphatic heterocycles. The van der Waals surface area contributed by atoms with Crippen molar-refractivity contribution in [3.63, 3.8) is 0 Å². The molecule has 1 aliphatic rings. The molecule has 0 bridgehead atoms. The number of hydrogen-bond donors (Lipinski definition) is 2. The zero-order chi connectivity index (χ0) is 18.1. The smallest absolute Gasteiger partial charge is 0.255 e. The largest absolute Gasteiger partial charge is 0.322 e. The number of thiol groups is 1. The molecule has 1 aliphatic carbocycles. The molecular formula is C20H23ClFNOS. The Morgan fingerprint density at radius 2 is 1.56 bits per heavy atom. The molecule has 0 radical (unpaired) electrons. The Hall–Kier alpha value is -1.52. The molecule has 2 nitrogen and oxygen atoms in total. The number of carbonyl (C=O) groups is 1. The molecule has 3 rings (SSSR count). The molecule has 1 N–H and O–H groups in total. The van der Waals surface area contributed by atoms with Crippen molar-refractivity contribution in [1.82, 2.24) is 0 Å². The first-order valence-corrected chi connectivity index (χ1v) is 9.44. The van der Waals surface area contributed by atoms with Gasteiger partial charge in [0.15, 0.2) is 0 Å². The van der Waals surface area contributed by atoms with Crippen LogP contribution < -0.4 is 5.32 Å². The zero-order valence-electron chi connectivity index (χ0n) is 14.1. The van der Waals surface area contributed by atoms with Crippen LogP contribution in [0, 0.1) is 5.82 Å². The second kappa shape index (κ2) is 10.5. The summed E-state index contributed by atoms with van der Waals surface area (Å²) in [6, 6.07) is 10.8. The number of amides is 1. The number of nitrogens with one attached hydrogen (secondary N) is 1. The molecule has 2 aromatic rings. The number of carbonyl (C=O) groups excluding carboxylic acids is 1. The summed E-state index contributed by atoms with van der Waals surface area (Å²) < 4.78 is 13.0. The fraction of sp³-hybridized carbons (Fsp3) is 0.350. The summed E-state index contributed by atoms with van der Waals surface area (Å²) in [5, 5.41) is 2.60. The fourth-order valence-corrected chi connectivity index (χ4v) is 3.07. The topological polar surface area (TPSA) is 29.1 Å². The highest BCUT2D eigenvalue weighted by atomic mass is 35.5. The molecule has 0 spiro atoms. The lowest BCUT2D eigenvalue weighted by Crippen LogP contribution is -2.11. The lowest BCUT2D eigenvalue weighted by atomic mass is 10.2. The number of halogens is 2. The van der Waals surface area contributed by atoms with Gasteiger partial charge in [-0.3, -0.25) is 4.79 Å². The van der Waals surface area contributed by atoms with E-state index in [1.807, 2.05) is 0 Å². The molecule has 2 aromatic carbocycles. The maximum atomic E-state index is 13.0. The Morgan fingerprint density at radius 3 is 2.08 bits per heavy atom. The van der Waals surface area contributed by atoms with E-state index in [0.717, 1.165) is 0 Å². The highest BCUT2D eigenvalue weighted by Crippen LogP contribution is 2.20. The van der Waals surface area contributed by atoms with Crippen molar-refractivity contribution in [2.45, 2.75) is 49.8 Å². The molecular weight excluding hydrogens is 357 g/mol. The van der Waals surface area contributed by atoms with Crippen LogP contribution in [0.1, 0.15) is 55.3 Å². The van der Waals surface area contributed by atoms with E-state index in [1.54, 1.807) is 24.3 Å². The van der Waals surface area contributed by atoms with Gasteiger partial charge < -0.3 is 5.32 Å². The van der Waals surface area contributed by atoms with Crippen molar-refractivity contribution in [2.75, 3.05) is 5.32 Å². The Balaban J connectivity index is 0.000000269. The van der Waals surface area contributed by atoms with Gasteiger partial charge in [0.05, 0.1) is 5.02 Å². The van der Waals surface area contributed by atoms with Gasteiger partial charge in [-0.25, -0.2) is 4.39 Å². The Labute approximate surface area is 159 Å². The van der Waals surface area contributed by atoms with Gasteiger partial charge in [0.1, 0.15) is 5.82 Å². The summed E-state index contributed by atoms with van der Waals surface area (Å²) in [5.41, 5.74) is 0.916. The van der Waals surface area contributed by atoms with Gasteiger partial charge in [-0.05, 0) is 36.4 Å². The molecule has 0 unspecified atom stereocenters. The van der Waals surface area contributed by atoms with Crippen molar-refractivity contribution >= 4 is 35.8 Å². The molecule has 1 amide bonds. The van der Waals surface area contributed by atoms with Crippen LogP contribution in [0.2, 0.25) is 5.02 Å². The SMILES string of the molecule is C1CCCCCC1.O=C(Nc1ccc(F)c(Cl)c1)c1cccc(S)c1. The molecule has 5 heteroatoms. The van der Waals surface area contributed by atoms with Gasteiger partial charge in [-0.15, -0.1) is 12.6 Å². The maximum absolute atomic E-state index is 13.0. The number of benzene rings is 2. The van der Waals surface area contributed by atoms with Crippen LogP contribution in [0.5, 0.6) is 0 Å². The Bertz CT molecular complexity index is 688. The predicted octanol–water partition coefficient (Wildman–Crippen LogP) is 6.75. The van der Waals surface area contributed by atoms with Crippen molar-refractivity contribution < 1.29 is 9.18 Å². The van der Waals surface area contributed by atoms with E-state index in [4.69, 9.17) is 11.6 Å². The van der Waals surface area contributed by atoms with Gasteiger partial charge in [0.25, 0.3) is 5.91 Å². The van der Waals surface area contributed by atoms with Crippen LogP contribution in [0.25, 0.3) is 0 Å². The third-order valence-corrected chi connectivity index (χ3v) is 4.60. The van der Waals surface area contributed by atoms with Crippen molar-refractivity contribution in [2.24, 2.45) is 0 Å². The zero-order valence-corrected chi connectivity index (χ0v) is 15.8. The summed E-state index contributed by atoms with van der Waals surface area (Å²) in [5.74, 6) is -0.819. The number of anilines is 1. The summed E-state index contributed by atoms with van der Waals surface area (Å²) >= 11 is 9.78. The third kappa shape index (κ3) is 7.09. The summed E-state index contributed by atoms with van der Waals surface area (Å²) in [6.45, 7) is 0. The van der Waals surface area contributed by atoms with Crippen LogP contribution >= 0.6 is 24.2 Å². The summed E-state index contributed by atoms with van der Waals surface area (Å²) in [4.78, 5) is 12.6. The maximum Gasteiger partial charge on any atom is 0.255 e. The first kappa shape index (κ1) is 19.8. The van der Waals surface area contributed by atoms with E-state index in [-0.39, 0.29) is 10.9 Å².